The zero-order chi connectivity index (χ0) is 11.5. The van der Waals surface area contributed by atoms with E-state index in [0.29, 0.717) is 0 Å². The zero-order valence-electron chi connectivity index (χ0n) is 9.55. The molecule has 2 aromatic carbocycles. The van der Waals surface area contributed by atoms with Crippen LogP contribution in [-0.2, 0) is 0 Å². The SMILES string of the molecule is [Br-].c1ccc(-c2cc(-c3ccccc3)[s+]s2)cc1. The molecule has 90 valence electrons. The number of rotatable bonds is 2. The van der Waals surface area contributed by atoms with Gasteiger partial charge in [-0.1, -0.05) is 48.5 Å². The van der Waals surface area contributed by atoms with Gasteiger partial charge in [-0.25, -0.2) is 0 Å². The third-order valence-corrected chi connectivity index (χ3v) is 5.08. The molecular formula is C15H11BrS2. The fourth-order valence-corrected chi connectivity index (χ4v) is 4.18. The van der Waals surface area contributed by atoms with Crippen LogP contribution < -0.4 is 17.0 Å². The predicted octanol–water partition coefficient (Wildman–Crippen LogP) is 2.43. The first-order valence-corrected chi connectivity index (χ1v) is 7.62. The third kappa shape index (κ3) is 2.86. The Morgan fingerprint density at radius 1 is 0.722 bits per heavy atom. The maximum absolute atomic E-state index is 2.28. The molecule has 0 atom stereocenters. The second kappa shape index (κ2) is 6.23. The number of halogens is 1. The molecule has 0 saturated heterocycles. The van der Waals surface area contributed by atoms with Crippen molar-refractivity contribution in [2.45, 2.75) is 0 Å². The van der Waals surface area contributed by atoms with Crippen molar-refractivity contribution in [1.82, 2.24) is 0 Å². The Morgan fingerprint density at radius 3 is 1.89 bits per heavy atom. The van der Waals surface area contributed by atoms with Crippen LogP contribution in [0, 0.1) is 0 Å². The Balaban J connectivity index is 0.00000120. The lowest BCUT2D eigenvalue weighted by molar-refractivity contribution is -0.00000307. The van der Waals surface area contributed by atoms with Crippen LogP contribution in [0.3, 0.4) is 0 Å². The standard InChI is InChI=1S/C15H11S2.BrH/c1-3-7-12(8-4-1)14-11-15(17-16-14)13-9-5-2-6-10-13;/h1-11H;1H/q+1;/p-1. The van der Waals surface area contributed by atoms with E-state index in [4.69, 9.17) is 0 Å². The molecule has 0 spiro atoms. The summed E-state index contributed by atoms with van der Waals surface area (Å²) in [5, 5.41) is 0. The normalized spacial score (nSPS) is 9.78. The first-order valence-electron chi connectivity index (χ1n) is 5.47. The van der Waals surface area contributed by atoms with E-state index >= 15 is 0 Å². The van der Waals surface area contributed by atoms with Crippen LogP contribution in [0.15, 0.2) is 66.7 Å². The summed E-state index contributed by atoms with van der Waals surface area (Å²) in [6.07, 6.45) is 0. The summed E-state index contributed by atoms with van der Waals surface area (Å²) in [5.41, 5.74) is 2.60. The van der Waals surface area contributed by atoms with Crippen LogP contribution in [0.2, 0.25) is 0 Å². The van der Waals surface area contributed by atoms with E-state index in [1.165, 1.54) is 20.9 Å². The highest BCUT2D eigenvalue weighted by molar-refractivity contribution is 7.72. The van der Waals surface area contributed by atoms with Crippen LogP contribution in [0.5, 0.6) is 0 Å². The van der Waals surface area contributed by atoms with E-state index in [9.17, 15) is 0 Å². The van der Waals surface area contributed by atoms with Crippen molar-refractivity contribution >= 4 is 20.7 Å². The Labute approximate surface area is 125 Å². The van der Waals surface area contributed by atoms with Crippen LogP contribution in [0.4, 0.5) is 0 Å². The molecule has 0 aliphatic heterocycles. The van der Waals surface area contributed by atoms with Gasteiger partial charge in [0.1, 0.15) is 0 Å². The second-order valence-corrected chi connectivity index (χ2v) is 5.98. The van der Waals surface area contributed by atoms with Gasteiger partial charge in [0.05, 0.1) is 4.88 Å². The van der Waals surface area contributed by atoms with Gasteiger partial charge in [0.2, 0.25) is 0 Å². The summed E-state index contributed by atoms with van der Waals surface area (Å²) < 4.78 is 0. The van der Waals surface area contributed by atoms with Crippen molar-refractivity contribution in [3.05, 3.63) is 66.7 Å². The Hall–Kier alpha value is -1.03. The minimum Gasteiger partial charge on any atom is -1.00 e. The summed E-state index contributed by atoms with van der Waals surface area (Å²) in [7, 11) is 3.68. The number of hydrogen-bond donors (Lipinski definition) is 0. The van der Waals surface area contributed by atoms with Crippen molar-refractivity contribution in [3.8, 4) is 20.9 Å². The van der Waals surface area contributed by atoms with E-state index in [2.05, 4.69) is 66.7 Å². The largest absolute Gasteiger partial charge is 1.00 e. The minimum absolute atomic E-state index is 0. The maximum atomic E-state index is 2.28. The Bertz CT molecular complexity index is 549. The first-order chi connectivity index (χ1) is 8.43. The van der Waals surface area contributed by atoms with Crippen molar-refractivity contribution < 1.29 is 17.0 Å². The molecule has 1 heterocycles. The zero-order valence-corrected chi connectivity index (χ0v) is 12.8. The van der Waals surface area contributed by atoms with Crippen LogP contribution >= 0.6 is 20.7 Å². The average Bonchev–Trinajstić information content (AvgIpc) is 2.90. The first kappa shape index (κ1) is 13.4. The van der Waals surface area contributed by atoms with E-state index in [0.717, 1.165) is 0 Å². The lowest BCUT2D eigenvalue weighted by Crippen LogP contribution is -3.00. The van der Waals surface area contributed by atoms with Gasteiger partial charge in [0, 0.05) is 11.6 Å². The van der Waals surface area contributed by atoms with Crippen LogP contribution in [-0.4, -0.2) is 0 Å². The average molecular weight is 335 g/mol. The highest BCUT2D eigenvalue weighted by Crippen LogP contribution is 2.36. The summed E-state index contributed by atoms with van der Waals surface area (Å²) in [6, 6.07) is 23.4. The fraction of sp³-hybridized carbons (Fsp3) is 0. The summed E-state index contributed by atoms with van der Waals surface area (Å²) in [4.78, 5) is 2.68. The molecule has 0 bridgehead atoms. The molecule has 1 aromatic heterocycles. The number of benzene rings is 2. The molecular weight excluding hydrogens is 324 g/mol. The minimum atomic E-state index is 0. The van der Waals surface area contributed by atoms with E-state index in [-0.39, 0.29) is 17.0 Å². The van der Waals surface area contributed by atoms with E-state index in [1.54, 1.807) is 0 Å². The molecule has 3 heteroatoms. The third-order valence-electron chi connectivity index (χ3n) is 2.60. The quantitative estimate of drug-likeness (QED) is 0.498. The Kier molecular flexibility index (Phi) is 4.64. The molecule has 3 rings (SSSR count). The maximum Gasteiger partial charge on any atom is 0.301 e. The topological polar surface area (TPSA) is 0 Å². The highest BCUT2D eigenvalue weighted by atomic mass is 79.9. The summed E-state index contributed by atoms with van der Waals surface area (Å²) in [5.74, 6) is 0. The molecule has 0 N–H and O–H groups in total. The van der Waals surface area contributed by atoms with Gasteiger partial charge in [-0.15, -0.1) is 0 Å². The van der Waals surface area contributed by atoms with Crippen molar-refractivity contribution in [2.75, 3.05) is 0 Å². The summed E-state index contributed by atoms with van der Waals surface area (Å²) >= 11 is 0. The molecule has 0 aliphatic rings. The predicted molar refractivity (Wildman–Crippen MR) is 77.5 cm³/mol. The second-order valence-electron chi connectivity index (χ2n) is 3.77. The van der Waals surface area contributed by atoms with Crippen LogP contribution in [0.1, 0.15) is 0 Å². The fourth-order valence-electron chi connectivity index (χ4n) is 1.72. The number of hydrogen-bond acceptors (Lipinski definition) is 1. The van der Waals surface area contributed by atoms with E-state index < -0.39 is 0 Å². The molecule has 0 fully saturated rings. The van der Waals surface area contributed by atoms with Gasteiger partial charge in [-0.3, -0.25) is 0 Å². The molecule has 0 nitrogen and oxygen atoms in total. The highest BCUT2D eigenvalue weighted by Gasteiger charge is 2.16. The monoisotopic (exact) mass is 334 g/mol. The van der Waals surface area contributed by atoms with Crippen molar-refractivity contribution in [3.63, 3.8) is 0 Å². The van der Waals surface area contributed by atoms with Gasteiger partial charge in [-0.2, -0.15) is 0 Å². The molecule has 0 unspecified atom stereocenters. The molecule has 0 aliphatic carbocycles. The Morgan fingerprint density at radius 2 is 1.28 bits per heavy atom. The molecule has 0 saturated carbocycles. The van der Waals surface area contributed by atoms with Gasteiger partial charge < -0.3 is 17.0 Å². The molecule has 18 heavy (non-hydrogen) atoms. The lowest BCUT2D eigenvalue weighted by atomic mass is 10.1. The summed E-state index contributed by atoms with van der Waals surface area (Å²) in [6.45, 7) is 0. The van der Waals surface area contributed by atoms with Gasteiger partial charge in [0.15, 0.2) is 10.3 Å². The smallest absolute Gasteiger partial charge is 0.301 e. The van der Waals surface area contributed by atoms with Gasteiger partial charge in [-0.05, 0) is 17.7 Å². The van der Waals surface area contributed by atoms with Crippen LogP contribution in [0.25, 0.3) is 20.9 Å². The van der Waals surface area contributed by atoms with Gasteiger partial charge in [0.25, 0.3) is 4.88 Å². The lowest BCUT2D eigenvalue weighted by Gasteiger charge is -1.91. The molecule has 0 amide bonds. The van der Waals surface area contributed by atoms with Gasteiger partial charge >= 0.3 is 10.3 Å². The van der Waals surface area contributed by atoms with Crippen molar-refractivity contribution in [1.29, 1.82) is 0 Å². The molecule has 3 aromatic rings. The molecule has 0 radical (unpaired) electrons. The van der Waals surface area contributed by atoms with E-state index in [1.807, 2.05) is 20.7 Å². The van der Waals surface area contributed by atoms with Crippen molar-refractivity contribution in [2.24, 2.45) is 0 Å².